The molecule has 1 atom stereocenters. The maximum absolute atomic E-state index is 13.3. The minimum Gasteiger partial charge on any atom is -0.309 e. The lowest BCUT2D eigenvalue weighted by molar-refractivity contribution is -0.118. The van der Waals surface area contributed by atoms with E-state index in [9.17, 15) is 9.18 Å². The Morgan fingerprint density at radius 3 is 2.57 bits per heavy atom. The third-order valence-electron chi connectivity index (χ3n) is 5.49. The number of carbonyl (C=O) groups is 1. The molecule has 1 amide bonds. The van der Waals surface area contributed by atoms with Crippen LogP contribution >= 0.6 is 0 Å². The Kier molecular flexibility index (Phi) is 5.60. The molecule has 28 heavy (non-hydrogen) atoms. The molecule has 0 radical (unpaired) electrons. The van der Waals surface area contributed by atoms with Crippen molar-refractivity contribution in [2.75, 3.05) is 5.32 Å². The number of nitrogens with zero attached hydrogens (tertiary/aromatic N) is 2. The summed E-state index contributed by atoms with van der Waals surface area (Å²) in [4.78, 5) is 22.1. The van der Waals surface area contributed by atoms with Crippen molar-refractivity contribution >= 4 is 11.7 Å². The summed E-state index contributed by atoms with van der Waals surface area (Å²) in [6, 6.07) is 6.27. The third kappa shape index (κ3) is 4.19. The molecule has 2 aliphatic carbocycles. The summed E-state index contributed by atoms with van der Waals surface area (Å²) < 4.78 is 13.3. The summed E-state index contributed by atoms with van der Waals surface area (Å²) in [5, 5.41) is 3.01. The van der Waals surface area contributed by atoms with Crippen LogP contribution in [-0.2, 0) is 4.79 Å². The predicted molar refractivity (Wildman–Crippen MR) is 108 cm³/mol. The van der Waals surface area contributed by atoms with Crippen LogP contribution in [0.1, 0.15) is 50.1 Å². The van der Waals surface area contributed by atoms with Gasteiger partial charge in [0.25, 0.3) is 0 Å². The molecule has 1 aromatic carbocycles. The van der Waals surface area contributed by atoms with E-state index in [1.54, 1.807) is 18.3 Å². The number of allylic oxidation sites excluding steroid dienone is 3. The maximum atomic E-state index is 13.3. The summed E-state index contributed by atoms with van der Waals surface area (Å²) in [5.41, 5.74) is 2.38. The van der Waals surface area contributed by atoms with Crippen LogP contribution in [0.4, 0.5) is 10.2 Å². The highest BCUT2D eigenvalue weighted by molar-refractivity contribution is 5.93. The number of anilines is 1. The molecular formula is C23H24FN3O. The Bertz CT molecular complexity index is 899. The molecule has 1 heterocycles. The van der Waals surface area contributed by atoms with Gasteiger partial charge in [0.1, 0.15) is 5.82 Å². The van der Waals surface area contributed by atoms with Gasteiger partial charge in [0.05, 0.1) is 23.5 Å². The van der Waals surface area contributed by atoms with Crippen molar-refractivity contribution in [2.24, 2.45) is 5.92 Å². The van der Waals surface area contributed by atoms with Crippen molar-refractivity contribution in [1.29, 1.82) is 0 Å². The second-order valence-corrected chi connectivity index (χ2v) is 7.48. The quantitative estimate of drug-likeness (QED) is 0.776. The fourth-order valence-corrected chi connectivity index (χ4v) is 3.90. The van der Waals surface area contributed by atoms with Crippen molar-refractivity contribution in [3.63, 3.8) is 0 Å². The number of rotatable bonds is 4. The zero-order valence-electron chi connectivity index (χ0n) is 15.8. The first kappa shape index (κ1) is 18.5. The Hall–Kier alpha value is -2.82. The first-order chi connectivity index (χ1) is 13.7. The predicted octanol–water partition coefficient (Wildman–Crippen LogP) is 5.40. The molecule has 2 aromatic rings. The van der Waals surface area contributed by atoms with Gasteiger partial charge in [-0.2, -0.15) is 0 Å². The van der Waals surface area contributed by atoms with Crippen LogP contribution in [0.2, 0.25) is 0 Å². The number of hydrogen-bond donors (Lipinski definition) is 1. The normalized spacial score (nSPS) is 19.5. The molecule has 1 unspecified atom stereocenters. The van der Waals surface area contributed by atoms with Gasteiger partial charge in [-0.15, -0.1) is 0 Å². The van der Waals surface area contributed by atoms with Crippen molar-refractivity contribution in [3.05, 3.63) is 66.3 Å². The zero-order valence-corrected chi connectivity index (χ0v) is 15.8. The molecule has 0 aliphatic heterocycles. The lowest BCUT2D eigenvalue weighted by Crippen LogP contribution is -2.24. The van der Waals surface area contributed by atoms with Gasteiger partial charge in [-0.25, -0.2) is 14.4 Å². The standard InChI is InChI=1S/C23H24FN3O/c24-19-13-11-16(12-14-19)20-15-25-22(21(26-20)17-7-3-1-4-8-17)27-23(28)18-9-5-2-6-10-18/h2,5-6,9,11-15,17-18H,1,3-4,7-8,10H2,(H,25,27,28). The molecule has 5 heteroatoms. The number of aromatic nitrogens is 2. The van der Waals surface area contributed by atoms with E-state index in [0.717, 1.165) is 36.9 Å². The molecule has 1 saturated carbocycles. The van der Waals surface area contributed by atoms with Gasteiger partial charge >= 0.3 is 0 Å². The summed E-state index contributed by atoms with van der Waals surface area (Å²) in [6.45, 7) is 0. The van der Waals surface area contributed by atoms with Gasteiger partial charge in [0.15, 0.2) is 5.82 Å². The molecule has 1 N–H and O–H groups in total. The van der Waals surface area contributed by atoms with Crippen LogP contribution < -0.4 is 5.32 Å². The van der Waals surface area contributed by atoms with E-state index < -0.39 is 0 Å². The van der Waals surface area contributed by atoms with Crippen LogP contribution in [0, 0.1) is 11.7 Å². The number of halogens is 1. The molecule has 2 aliphatic rings. The Morgan fingerprint density at radius 1 is 1.07 bits per heavy atom. The fraction of sp³-hybridized carbons (Fsp3) is 0.348. The van der Waals surface area contributed by atoms with E-state index in [1.165, 1.54) is 18.6 Å². The van der Waals surface area contributed by atoms with E-state index in [0.29, 0.717) is 23.9 Å². The Balaban J connectivity index is 1.64. The lowest BCUT2D eigenvalue weighted by atomic mass is 9.86. The highest BCUT2D eigenvalue weighted by atomic mass is 19.1. The first-order valence-corrected chi connectivity index (χ1v) is 9.98. The summed E-state index contributed by atoms with van der Waals surface area (Å²) in [5.74, 6) is 0.344. The van der Waals surface area contributed by atoms with Crippen LogP contribution in [0.25, 0.3) is 11.3 Å². The molecule has 0 bridgehead atoms. The number of nitrogens with one attached hydrogen (secondary N) is 1. The SMILES string of the molecule is O=C(Nc1ncc(-c2ccc(F)cc2)nc1C1CCCCC1)C1C=CC=CC1. The van der Waals surface area contributed by atoms with Gasteiger partial charge in [-0.1, -0.05) is 43.6 Å². The van der Waals surface area contributed by atoms with E-state index in [-0.39, 0.29) is 17.6 Å². The van der Waals surface area contributed by atoms with Gasteiger partial charge in [0, 0.05) is 11.5 Å². The number of hydrogen-bond acceptors (Lipinski definition) is 3. The van der Waals surface area contributed by atoms with Gasteiger partial charge < -0.3 is 5.32 Å². The highest BCUT2D eigenvalue weighted by Gasteiger charge is 2.24. The van der Waals surface area contributed by atoms with E-state index in [1.807, 2.05) is 24.3 Å². The minimum atomic E-state index is -0.275. The molecule has 1 aromatic heterocycles. The molecule has 0 saturated heterocycles. The average Bonchev–Trinajstić information content (AvgIpc) is 2.76. The molecule has 0 spiro atoms. The van der Waals surface area contributed by atoms with E-state index in [2.05, 4.69) is 10.3 Å². The van der Waals surface area contributed by atoms with Gasteiger partial charge in [-0.05, 0) is 43.5 Å². The summed E-state index contributed by atoms with van der Waals surface area (Å²) >= 11 is 0. The minimum absolute atomic E-state index is 0.0542. The Morgan fingerprint density at radius 2 is 1.86 bits per heavy atom. The summed E-state index contributed by atoms with van der Waals surface area (Å²) in [7, 11) is 0. The monoisotopic (exact) mass is 377 g/mol. The second kappa shape index (κ2) is 8.46. The smallest absolute Gasteiger partial charge is 0.232 e. The van der Waals surface area contributed by atoms with Crippen LogP contribution in [0.5, 0.6) is 0 Å². The second-order valence-electron chi connectivity index (χ2n) is 7.48. The molecular weight excluding hydrogens is 353 g/mol. The first-order valence-electron chi connectivity index (χ1n) is 9.98. The van der Waals surface area contributed by atoms with Crippen LogP contribution in [0.15, 0.2) is 54.8 Å². The van der Waals surface area contributed by atoms with E-state index >= 15 is 0 Å². The maximum Gasteiger partial charge on any atom is 0.232 e. The number of benzene rings is 1. The summed E-state index contributed by atoms with van der Waals surface area (Å²) in [6.07, 6.45) is 15.8. The molecule has 4 nitrogen and oxygen atoms in total. The molecule has 1 fully saturated rings. The fourth-order valence-electron chi connectivity index (χ4n) is 3.90. The van der Waals surface area contributed by atoms with Crippen molar-refractivity contribution in [2.45, 2.75) is 44.4 Å². The average molecular weight is 377 g/mol. The van der Waals surface area contributed by atoms with Crippen molar-refractivity contribution in [1.82, 2.24) is 9.97 Å². The van der Waals surface area contributed by atoms with Crippen LogP contribution in [0.3, 0.4) is 0 Å². The lowest BCUT2D eigenvalue weighted by Gasteiger charge is -2.24. The zero-order chi connectivity index (χ0) is 19.3. The van der Waals surface area contributed by atoms with Gasteiger partial charge in [0.2, 0.25) is 5.91 Å². The molecule has 144 valence electrons. The largest absolute Gasteiger partial charge is 0.309 e. The van der Waals surface area contributed by atoms with E-state index in [4.69, 9.17) is 4.98 Å². The molecule has 4 rings (SSSR count). The number of amides is 1. The Labute approximate surface area is 164 Å². The highest BCUT2D eigenvalue weighted by Crippen LogP contribution is 2.36. The topological polar surface area (TPSA) is 54.9 Å². The van der Waals surface area contributed by atoms with Crippen molar-refractivity contribution in [3.8, 4) is 11.3 Å². The van der Waals surface area contributed by atoms with Gasteiger partial charge in [-0.3, -0.25) is 4.79 Å². The third-order valence-corrected chi connectivity index (χ3v) is 5.49. The van der Waals surface area contributed by atoms with Crippen molar-refractivity contribution < 1.29 is 9.18 Å². The van der Waals surface area contributed by atoms with Crippen LogP contribution in [-0.4, -0.2) is 15.9 Å². The number of carbonyl (C=O) groups excluding carboxylic acids is 1.